The van der Waals surface area contributed by atoms with E-state index in [1.54, 1.807) is 0 Å². The van der Waals surface area contributed by atoms with Crippen molar-refractivity contribution in [2.75, 3.05) is 52.5 Å². The molecular weight excluding hydrogens is 536 g/mol. The smallest absolute Gasteiger partial charge is 0.246 e. The molecule has 7 nitrogen and oxygen atoms in total. The van der Waals surface area contributed by atoms with Gasteiger partial charge in [-0.2, -0.15) is 5.10 Å². The summed E-state index contributed by atoms with van der Waals surface area (Å²) in [6.07, 6.45) is 7.04. The summed E-state index contributed by atoms with van der Waals surface area (Å²) < 4.78 is 12.5. The minimum Gasteiger partial charge on any atom is -0.488 e. The van der Waals surface area contributed by atoms with Crippen molar-refractivity contribution in [3.05, 3.63) is 47.5 Å². The number of likely N-dealkylation sites (N-methyl/N-ethyl adjacent to an activating group) is 2. The van der Waals surface area contributed by atoms with Gasteiger partial charge in [0.15, 0.2) is 0 Å². The van der Waals surface area contributed by atoms with E-state index in [-0.39, 0.29) is 11.3 Å². The van der Waals surface area contributed by atoms with Crippen LogP contribution in [0.2, 0.25) is 0 Å². The van der Waals surface area contributed by atoms with Crippen molar-refractivity contribution in [3.8, 4) is 22.6 Å². The second kappa shape index (κ2) is 13.0. The maximum absolute atomic E-state index is 13.9. The first-order valence-corrected chi connectivity index (χ1v) is 17.0. The van der Waals surface area contributed by atoms with Crippen LogP contribution in [0.1, 0.15) is 77.3 Å². The molecule has 4 saturated carbocycles. The van der Waals surface area contributed by atoms with E-state index in [0.717, 1.165) is 98.0 Å². The lowest BCUT2D eigenvalue weighted by molar-refractivity contribution is -0.896. The maximum Gasteiger partial charge on any atom is 0.246 e. The molecule has 2 aromatic carbocycles. The highest BCUT2D eigenvalue weighted by molar-refractivity contribution is 6.25. The number of carbonyl (C=O) groups is 1. The van der Waals surface area contributed by atoms with Crippen LogP contribution in [-0.2, 0) is 4.79 Å². The predicted molar refractivity (Wildman–Crippen MR) is 171 cm³/mol. The van der Waals surface area contributed by atoms with E-state index in [1.807, 2.05) is 0 Å². The van der Waals surface area contributed by atoms with Crippen LogP contribution in [0.15, 0.2) is 41.5 Å². The molecule has 7 heteroatoms. The first-order valence-electron chi connectivity index (χ1n) is 17.0. The van der Waals surface area contributed by atoms with Gasteiger partial charge < -0.3 is 19.3 Å². The number of rotatable bonds is 14. The third-order valence-corrected chi connectivity index (χ3v) is 11.0. The molecule has 5 aliphatic rings. The SMILES string of the molecule is CC[NH+](CC)CCOc1ccc2c(c1)C(=NNC(=O)C13CC4CC(CC(C4)C1)C3)c1cc(OCC[NH+](CC)CC)ccc1-2. The summed E-state index contributed by atoms with van der Waals surface area (Å²) in [6.45, 7) is 16.5. The summed E-state index contributed by atoms with van der Waals surface area (Å²) in [5.74, 6) is 3.96. The van der Waals surface area contributed by atoms with Crippen LogP contribution in [-0.4, -0.2) is 64.1 Å². The lowest BCUT2D eigenvalue weighted by Gasteiger charge is -2.55. The van der Waals surface area contributed by atoms with Crippen molar-refractivity contribution < 1.29 is 24.1 Å². The third kappa shape index (κ3) is 6.21. The lowest BCUT2D eigenvalue weighted by atomic mass is 9.49. The van der Waals surface area contributed by atoms with Crippen molar-refractivity contribution in [3.63, 3.8) is 0 Å². The Morgan fingerprint density at radius 3 is 1.60 bits per heavy atom. The van der Waals surface area contributed by atoms with Gasteiger partial charge in [-0.25, -0.2) is 5.43 Å². The van der Waals surface area contributed by atoms with Crippen LogP contribution in [0.5, 0.6) is 11.5 Å². The zero-order valence-electron chi connectivity index (χ0n) is 26.8. The number of amides is 1. The van der Waals surface area contributed by atoms with Gasteiger partial charge in [0.05, 0.1) is 37.3 Å². The Morgan fingerprint density at radius 1 is 0.744 bits per heavy atom. The Balaban J connectivity index is 1.25. The molecule has 232 valence electrons. The quantitative estimate of drug-likeness (QED) is 0.253. The first kappa shape index (κ1) is 30.1. The molecule has 5 aliphatic carbocycles. The third-order valence-electron chi connectivity index (χ3n) is 11.0. The van der Waals surface area contributed by atoms with E-state index in [4.69, 9.17) is 14.6 Å². The van der Waals surface area contributed by atoms with E-state index < -0.39 is 0 Å². The zero-order valence-corrected chi connectivity index (χ0v) is 26.8. The van der Waals surface area contributed by atoms with Gasteiger partial charge in [0, 0.05) is 11.1 Å². The second-order valence-electron chi connectivity index (χ2n) is 13.6. The monoisotopic (exact) mass is 588 g/mol. The van der Waals surface area contributed by atoms with Crippen molar-refractivity contribution in [1.29, 1.82) is 0 Å². The summed E-state index contributed by atoms with van der Waals surface area (Å²) in [4.78, 5) is 16.9. The van der Waals surface area contributed by atoms with Crippen molar-refractivity contribution in [2.24, 2.45) is 28.3 Å². The zero-order chi connectivity index (χ0) is 30.0. The van der Waals surface area contributed by atoms with Gasteiger partial charge in [-0.1, -0.05) is 0 Å². The molecule has 1 amide bonds. The van der Waals surface area contributed by atoms with Crippen molar-refractivity contribution in [1.82, 2.24) is 5.43 Å². The second-order valence-corrected chi connectivity index (χ2v) is 13.6. The van der Waals surface area contributed by atoms with Gasteiger partial charge in [-0.3, -0.25) is 4.79 Å². The topological polar surface area (TPSA) is 68.8 Å². The summed E-state index contributed by atoms with van der Waals surface area (Å²) in [5, 5.41) is 4.91. The Morgan fingerprint density at radius 2 is 1.19 bits per heavy atom. The molecule has 3 N–H and O–H groups in total. The molecule has 0 saturated heterocycles. The molecular formula is C36H52N4O3+2. The Bertz CT molecular complexity index is 1220. The molecule has 0 unspecified atom stereocenters. The molecule has 0 spiro atoms. The van der Waals surface area contributed by atoms with Crippen LogP contribution in [0.4, 0.5) is 0 Å². The number of carbonyl (C=O) groups excluding carboxylic acids is 1. The number of fused-ring (bicyclic) bond motifs is 3. The number of hydrazone groups is 1. The summed E-state index contributed by atoms with van der Waals surface area (Å²) in [5.41, 5.74) is 7.95. The minimum atomic E-state index is -0.238. The number of nitrogens with zero attached hydrogens (tertiary/aromatic N) is 1. The highest BCUT2D eigenvalue weighted by Crippen LogP contribution is 2.60. The maximum atomic E-state index is 13.9. The molecule has 0 aromatic heterocycles. The van der Waals surface area contributed by atoms with Crippen LogP contribution in [0.25, 0.3) is 11.1 Å². The van der Waals surface area contributed by atoms with E-state index in [0.29, 0.717) is 31.0 Å². The average Bonchev–Trinajstić information content (AvgIpc) is 3.31. The minimum absolute atomic E-state index is 0.123. The molecule has 2 aromatic rings. The fourth-order valence-corrected chi connectivity index (χ4v) is 8.80. The number of benzene rings is 2. The number of nitrogens with one attached hydrogen (secondary N) is 3. The van der Waals surface area contributed by atoms with Crippen LogP contribution in [0, 0.1) is 23.2 Å². The largest absolute Gasteiger partial charge is 0.488 e. The molecule has 0 heterocycles. The first-order chi connectivity index (χ1) is 20.9. The van der Waals surface area contributed by atoms with Crippen LogP contribution in [0.3, 0.4) is 0 Å². The normalized spacial score (nSPS) is 24.8. The van der Waals surface area contributed by atoms with Gasteiger partial charge in [0.2, 0.25) is 5.91 Å². The molecule has 0 radical (unpaired) electrons. The number of quaternary nitrogens is 2. The molecule has 4 bridgehead atoms. The van der Waals surface area contributed by atoms with E-state index in [9.17, 15) is 4.79 Å². The standard InChI is InChI=1S/C36H50N4O3/c1-5-39(6-2)13-15-42-28-9-11-30-31-12-10-29(43-16-14-40(7-3)8-4)21-33(31)34(32(30)20-28)37-38-35(41)36-22-25-17-26(23-36)19-27(18-25)24-36/h9-12,20-21,25-27H,5-8,13-19,22-24H2,1-4H3,(H,38,41)/p+2. The Labute approximate surface area is 258 Å². The highest BCUT2D eigenvalue weighted by atomic mass is 16.5. The van der Waals surface area contributed by atoms with Gasteiger partial charge in [-0.15, -0.1) is 0 Å². The number of hydrogen-bond acceptors (Lipinski definition) is 4. The fraction of sp³-hybridized carbons (Fsp3) is 0.611. The van der Waals surface area contributed by atoms with E-state index in [2.05, 4.69) is 69.5 Å². The van der Waals surface area contributed by atoms with Crippen molar-refractivity contribution >= 4 is 11.6 Å². The van der Waals surface area contributed by atoms with E-state index in [1.165, 1.54) is 29.1 Å². The highest BCUT2D eigenvalue weighted by Gasteiger charge is 2.54. The summed E-state index contributed by atoms with van der Waals surface area (Å²) >= 11 is 0. The van der Waals surface area contributed by atoms with Gasteiger partial charge in [0.1, 0.15) is 37.8 Å². The molecule has 7 rings (SSSR count). The van der Waals surface area contributed by atoms with Crippen molar-refractivity contribution in [2.45, 2.75) is 66.2 Å². The molecule has 0 aliphatic heterocycles. The van der Waals surface area contributed by atoms with Crippen LogP contribution < -0.4 is 24.7 Å². The number of ether oxygens (including phenoxy) is 2. The Hall–Kier alpha value is -2.90. The van der Waals surface area contributed by atoms with Gasteiger partial charge >= 0.3 is 0 Å². The van der Waals surface area contributed by atoms with E-state index >= 15 is 0 Å². The summed E-state index contributed by atoms with van der Waals surface area (Å²) in [6, 6.07) is 12.6. The molecule has 0 atom stereocenters. The predicted octanol–water partition coefficient (Wildman–Crippen LogP) is 3.36. The lowest BCUT2D eigenvalue weighted by Crippen LogP contribution is -3.12. The molecule has 4 fully saturated rings. The average molecular weight is 589 g/mol. The Kier molecular flexibility index (Phi) is 9.11. The number of hydrogen-bond donors (Lipinski definition) is 3. The molecule has 43 heavy (non-hydrogen) atoms. The van der Waals surface area contributed by atoms with Gasteiger partial charge in [-0.05, 0) is 131 Å². The van der Waals surface area contributed by atoms with Gasteiger partial charge in [0.25, 0.3) is 0 Å². The summed E-state index contributed by atoms with van der Waals surface area (Å²) in [7, 11) is 0. The fourth-order valence-electron chi connectivity index (χ4n) is 8.80. The van der Waals surface area contributed by atoms with Crippen LogP contribution >= 0.6 is 0 Å².